The number of aryl methyl sites for hydroxylation is 1. The minimum absolute atomic E-state index is 0.00714. The average Bonchev–Trinajstić information content (AvgIpc) is 3.69. The van der Waals surface area contributed by atoms with Gasteiger partial charge in [-0.3, -0.25) is 9.59 Å². The van der Waals surface area contributed by atoms with Gasteiger partial charge in [0.25, 0.3) is 5.91 Å². The second-order valence-corrected chi connectivity index (χ2v) is 13.0. The molecule has 238 valence electrons. The van der Waals surface area contributed by atoms with E-state index in [9.17, 15) is 22.8 Å². The van der Waals surface area contributed by atoms with Crippen LogP contribution in [0.25, 0.3) is 0 Å². The molecule has 2 N–H and O–H groups in total. The van der Waals surface area contributed by atoms with Crippen molar-refractivity contribution >= 4 is 34.8 Å². The zero-order valence-corrected chi connectivity index (χ0v) is 25.7. The van der Waals surface area contributed by atoms with Crippen LogP contribution in [0.15, 0.2) is 60.7 Å². The maximum atomic E-state index is 15.2. The van der Waals surface area contributed by atoms with Gasteiger partial charge in [-0.25, -0.2) is 4.39 Å². The van der Waals surface area contributed by atoms with Gasteiger partial charge >= 0.3 is 6.18 Å². The van der Waals surface area contributed by atoms with Crippen molar-refractivity contribution in [2.45, 2.75) is 82.6 Å². The van der Waals surface area contributed by atoms with Crippen molar-refractivity contribution in [2.75, 3.05) is 10.6 Å². The molecule has 1 saturated heterocycles. The van der Waals surface area contributed by atoms with Gasteiger partial charge in [-0.2, -0.15) is 13.2 Å². The van der Waals surface area contributed by atoms with Crippen LogP contribution in [0.1, 0.15) is 84.5 Å². The summed E-state index contributed by atoms with van der Waals surface area (Å²) in [5.41, 5.74) is 1.04. The highest BCUT2D eigenvalue weighted by molar-refractivity contribution is 6.31. The minimum Gasteiger partial charge on any atom is -0.382 e. The fourth-order valence-electron chi connectivity index (χ4n) is 7.60. The Bertz CT molecular complexity index is 1550. The first kappa shape index (κ1) is 31.4. The van der Waals surface area contributed by atoms with E-state index in [1.54, 1.807) is 24.0 Å². The van der Waals surface area contributed by atoms with Crippen LogP contribution in [0.4, 0.5) is 28.9 Å². The number of likely N-dealkylation sites (tertiary alicyclic amines) is 1. The molecule has 2 aliphatic carbocycles. The largest absolute Gasteiger partial charge is 0.417 e. The predicted octanol–water partition coefficient (Wildman–Crippen LogP) is 9.17. The van der Waals surface area contributed by atoms with Crippen LogP contribution in [-0.2, 0) is 11.0 Å². The lowest BCUT2D eigenvalue weighted by Crippen LogP contribution is -2.54. The van der Waals surface area contributed by atoms with E-state index >= 15 is 4.39 Å². The zero-order chi connectivity index (χ0) is 31.9. The van der Waals surface area contributed by atoms with Gasteiger partial charge in [0.05, 0.1) is 28.1 Å². The number of hydrogen-bond acceptors (Lipinski definition) is 3. The number of alkyl halides is 3. The molecule has 0 radical (unpaired) electrons. The molecule has 45 heavy (non-hydrogen) atoms. The highest BCUT2D eigenvalue weighted by Gasteiger charge is 2.50. The van der Waals surface area contributed by atoms with Crippen molar-refractivity contribution in [3.8, 4) is 0 Å². The summed E-state index contributed by atoms with van der Waals surface area (Å²) in [7, 11) is 0. The summed E-state index contributed by atoms with van der Waals surface area (Å²) < 4.78 is 56.1. The number of rotatable bonds is 6. The summed E-state index contributed by atoms with van der Waals surface area (Å²) in [6.07, 6.45) is 2.69. The van der Waals surface area contributed by atoms with Crippen LogP contribution < -0.4 is 10.6 Å². The summed E-state index contributed by atoms with van der Waals surface area (Å²) in [4.78, 5) is 30.2. The van der Waals surface area contributed by atoms with Crippen molar-refractivity contribution in [1.29, 1.82) is 0 Å². The molecule has 5 nitrogen and oxygen atoms in total. The molecule has 2 saturated carbocycles. The van der Waals surface area contributed by atoms with Crippen LogP contribution in [0.2, 0.25) is 5.02 Å². The van der Waals surface area contributed by atoms with Gasteiger partial charge in [-0.05, 0) is 92.5 Å². The van der Waals surface area contributed by atoms with E-state index in [2.05, 4.69) is 10.6 Å². The van der Waals surface area contributed by atoms with E-state index in [0.717, 1.165) is 49.9 Å². The second-order valence-electron chi connectivity index (χ2n) is 12.6. The molecule has 1 aliphatic heterocycles. The monoisotopic (exact) mass is 641 g/mol. The molecular weight excluding hydrogens is 606 g/mol. The van der Waals surface area contributed by atoms with Crippen molar-refractivity contribution in [2.24, 2.45) is 11.8 Å². The Morgan fingerprint density at radius 1 is 0.911 bits per heavy atom. The molecule has 3 aromatic rings. The third kappa shape index (κ3) is 6.41. The van der Waals surface area contributed by atoms with Gasteiger partial charge in [-0.15, -0.1) is 0 Å². The van der Waals surface area contributed by atoms with E-state index in [1.807, 2.05) is 24.3 Å². The van der Waals surface area contributed by atoms with E-state index in [4.69, 9.17) is 11.6 Å². The summed E-state index contributed by atoms with van der Waals surface area (Å²) in [6.45, 7) is 1.69. The molecule has 0 aromatic heterocycles. The molecule has 1 heterocycles. The molecule has 0 bridgehead atoms. The van der Waals surface area contributed by atoms with Crippen LogP contribution >= 0.6 is 11.6 Å². The zero-order valence-electron chi connectivity index (χ0n) is 25.0. The minimum atomic E-state index is -4.70. The first-order valence-electron chi connectivity index (χ1n) is 15.6. The Kier molecular flexibility index (Phi) is 8.83. The van der Waals surface area contributed by atoms with Crippen molar-refractivity contribution in [3.63, 3.8) is 0 Å². The number of hydrogen-bond donors (Lipinski definition) is 2. The Morgan fingerprint density at radius 2 is 1.62 bits per heavy atom. The normalized spacial score (nSPS) is 23.6. The van der Waals surface area contributed by atoms with Crippen LogP contribution in [0.5, 0.6) is 0 Å². The molecule has 3 fully saturated rings. The van der Waals surface area contributed by atoms with Crippen molar-refractivity contribution in [1.82, 2.24) is 4.90 Å². The topological polar surface area (TPSA) is 61.4 Å². The molecule has 6 rings (SSSR count). The number of fused-ring (bicyclic) bond motifs is 1. The lowest BCUT2D eigenvalue weighted by atomic mass is 9.76. The van der Waals surface area contributed by atoms with Crippen molar-refractivity contribution in [3.05, 3.63) is 93.8 Å². The lowest BCUT2D eigenvalue weighted by molar-refractivity contribution is -0.137. The van der Waals surface area contributed by atoms with Gasteiger partial charge in [0.15, 0.2) is 0 Å². The maximum Gasteiger partial charge on any atom is 0.417 e. The standard InChI is InChI=1S/C35H36ClF4N3O2/c1-20-6-4-10-29(37)31(20)34(45)43-30-11-5-7-22(30)18-26(33(44)42-25-16-17-28(36)27(19-25)35(38,39)40)32(43)21-12-14-24(15-13-21)41-23-8-2-3-9-23/h4,6,10,12-17,19,22-23,26,30,32,41H,2-3,5,7-9,11,18H2,1H3,(H,42,44)/t22-,26+,30-,32+/m1/s1. The first-order chi connectivity index (χ1) is 21.5. The quantitative estimate of drug-likeness (QED) is 0.264. The van der Waals surface area contributed by atoms with E-state index < -0.39 is 46.4 Å². The fourth-order valence-corrected chi connectivity index (χ4v) is 7.83. The summed E-state index contributed by atoms with van der Waals surface area (Å²) >= 11 is 5.82. The highest BCUT2D eigenvalue weighted by atomic mass is 35.5. The highest BCUT2D eigenvalue weighted by Crippen LogP contribution is 2.49. The average molecular weight is 642 g/mol. The van der Waals surface area contributed by atoms with Gasteiger partial charge in [0, 0.05) is 23.5 Å². The maximum absolute atomic E-state index is 15.2. The lowest BCUT2D eigenvalue weighted by Gasteiger charge is -2.48. The van der Waals surface area contributed by atoms with Gasteiger partial charge < -0.3 is 15.5 Å². The van der Waals surface area contributed by atoms with Gasteiger partial charge in [0.2, 0.25) is 5.91 Å². The number of anilines is 2. The van der Waals surface area contributed by atoms with Crippen LogP contribution in [0.3, 0.4) is 0 Å². The van der Waals surface area contributed by atoms with Crippen LogP contribution in [0, 0.1) is 24.6 Å². The Balaban J connectivity index is 1.39. The van der Waals surface area contributed by atoms with Gasteiger partial charge in [0.1, 0.15) is 5.82 Å². The summed E-state index contributed by atoms with van der Waals surface area (Å²) in [5, 5.41) is 5.79. The van der Waals surface area contributed by atoms with Crippen molar-refractivity contribution < 1.29 is 27.2 Å². The number of piperidine rings is 1. The first-order valence-corrected chi connectivity index (χ1v) is 16.0. The molecule has 4 atom stereocenters. The van der Waals surface area contributed by atoms with Crippen LogP contribution in [-0.4, -0.2) is 28.8 Å². The van der Waals surface area contributed by atoms with E-state index in [1.165, 1.54) is 25.0 Å². The molecule has 3 aromatic carbocycles. The molecule has 2 amide bonds. The van der Waals surface area contributed by atoms with Gasteiger partial charge in [-0.1, -0.05) is 55.1 Å². The summed E-state index contributed by atoms with van der Waals surface area (Å²) in [6, 6.07) is 14.9. The molecule has 0 unspecified atom stereocenters. The van der Waals surface area contributed by atoms with E-state index in [-0.39, 0.29) is 23.2 Å². The number of benzene rings is 3. The molecule has 0 spiro atoms. The SMILES string of the molecule is Cc1cccc(F)c1C(=O)N1[C@@H]2CCC[C@@H]2C[C@H](C(=O)Nc2ccc(Cl)c(C(F)(F)F)c2)[C@@H]1c1ccc(NC2CCCC2)cc1. The number of nitrogens with zero attached hydrogens (tertiary/aromatic N) is 1. The fraction of sp³-hybridized carbons (Fsp3) is 0.429. The third-order valence-corrected chi connectivity index (χ3v) is 10.1. The number of carbonyl (C=O) groups is 2. The summed E-state index contributed by atoms with van der Waals surface area (Å²) in [5.74, 6) is -2.41. The Labute approximate surface area is 265 Å². The number of carbonyl (C=O) groups excluding carboxylic acids is 2. The Hall–Kier alpha value is -3.59. The molecule has 3 aliphatic rings. The number of halogens is 5. The Morgan fingerprint density at radius 3 is 2.31 bits per heavy atom. The predicted molar refractivity (Wildman–Crippen MR) is 167 cm³/mol. The number of nitrogens with one attached hydrogen (secondary N) is 2. The molecule has 10 heteroatoms. The number of amides is 2. The molecular formula is C35H36ClF4N3O2. The third-order valence-electron chi connectivity index (χ3n) is 9.74. The van der Waals surface area contributed by atoms with E-state index in [0.29, 0.717) is 23.6 Å². The second kappa shape index (κ2) is 12.7. The smallest absolute Gasteiger partial charge is 0.382 e.